The Balaban J connectivity index is 0.000000292. The molecule has 0 saturated carbocycles. The van der Waals surface area contributed by atoms with E-state index in [0.717, 1.165) is 12.8 Å². The molecule has 0 aliphatic rings. The van der Waals surface area contributed by atoms with Crippen molar-refractivity contribution >= 4 is 11.9 Å². The summed E-state index contributed by atoms with van der Waals surface area (Å²) in [5, 5.41) is 25.9. The molecular formula is C20H24O8. The number of ether oxygens (including phenoxy) is 3. The zero-order chi connectivity index (χ0) is 20.8. The molecule has 8 nitrogen and oxygen atoms in total. The largest absolute Gasteiger partial charge is 0.504 e. The zero-order valence-electron chi connectivity index (χ0n) is 15.5. The predicted molar refractivity (Wildman–Crippen MR) is 101 cm³/mol. The molecule has 0 aromatic heterocycles. The molecule has 2 aromatic rings. The van der Waals surface area contributed by atoms with Crippen LogP contribution in [0.15, 0.2) is 48.5 Å². The number of phenols is 1. The molecule has 0 spiro atoms. The Bertz CT molecular complexity index is 744. The Morgan fingerprint density at radius 2 is 1.25 bits per heavy atom. The third-order valence-corrected chi connectivity index (χ3v) is 3.17. The molecule has 0 aliphatic heterocycles. The molecule has 0 fully saturated rings. The fraction of sp³-hybridized carbons (Fsp3) is 0.300. The highest BCUT2D eigenvalue weighted by Crippen LogP contribution is 2.26. The van der Waals surface area contributed by atoms with E-state index < -0.39 is 18.5 Å². The minimum absolute atomic E-state index is 0.0567. The summed E-state index contributed by atoms with van der Waals surface area (Å²) in [4.78, 5) is 20.5. The van der Waals surface area contributed by atoms with E-state index in [0.29, 0.717) is 18.1 Å². The number of unbranched alkanes of at least 4 members (excludes halogenated alkanes) is 1. The van der Waals surface area contributed by atoms with Gasteiger partial charge in [0.2, 0.25) is 0 Å². The van der Waals surface area contributed by atoms with Crippen molar-refractivity contribution in [2.75, 3.05) is 19.8 Å². The SMILES string of the molecule is CCCCOc1ccccc1OCC(=O)O.O=C(O)COc1ccccc1O. The van der Waals surface area contributed by atoms with Gasteiger partial charge in [-0.3, -0.25) is 0 Å². The first-order chi connectivity index (χ1) is 13.4. The van der Waals surface area contributed by atoms with E-state index in [2.05, 4.69) is 6.92 Å². The van der Waals surface area contributed by atoms with Crippen LogP contribution >= 0.6 is 0 Å². The lowest BCUT2D eigenvalue weighted by molar-refractivity contribution is -0.140. The summed E-state index contributed by atoms with van der Waals surface area (Å²) >= 11 is 0. The van der Waals surface area contributed by atoms with Crippen molar-refractivity contribution in [2.45, 2.75) is 19.8 Å². The number of hydrogen-bond acceptors (Lipinski definition) is 6. The number of carbonyl (C=O) groups is 2. The number of rotatable bonds is 10. The summed E-state index contributed by atoms with van der Waals surface area (Å²) in [6, 6.07) is 13.3. The number of benzene rings is 2. The summed E-state index contributed by atoms with van der Waals surface area (Å²) in [5.74, 6) is -0.876. The maximum absolute atomic E-state index is 10.4. The van der Waals surface area contributed by atoms with E-state index in [-0.39, 0.29) is 18.1 Å². The number of carboxylic acids is 2. The van der Waals surface area contributed by atoms with Gasteiger partial charge >= 0.3 is 11.9 Å². The van der Waals surface area contributed by atoms with E-state index in [4.69, 9.17) is 29.5 Å². The highest BCUT2D eigenvalue weighted by atomic mass is 16.5. The molecule has 0 unspecified atom stereocenters. The summed E-state index contributed by atoms with van der Waals surface area (Å²) in [7, 11) is 0. The molecule has 0 heterocycles. The monoisotopic (exact) mass is 392 g/mol. The van der Waals surface area contributed by atoms with Crippen LogP contribution in [0.1, 0.15) is 19.8 Å². The van der Waals surface area contributed by atoms with E-state index in [1.165, 1.54) is 12.1 Å². The van der Waals surface area contributed by atoms with Gasteiger partial charge in [0.25, 0.3) is 0 Å². The van der Waals surface area contributed by atoms with Crippen LogP contribution in [0.5, 0.6) is 23.0 Å². The predicted octanol–water partition coefficient (Wildman–Crippen LogP) is 3.18. The van der Waals surface area contributed by atoms with Gasteiger partial charge in [-0.1, -0.05) is 37.6 Å². The van der Waals surface area contributed by atoms with Crippen molar-refractivity contribution in [2.24, 2.45) is 0 Å². The van der Waals surface area contributed by atoms with Crippen LogP contribution in [0.4, 0.5) is 0 Å². The van der Waals surface area contributed by atoms with Gasteiger partial charge in [0.15, 0.2) is 36.2 Å². The lowest BCUT2D eigenvalue weighted by atomic mass is 10.3. The summed E-state index contributed by atoms with van der Waals surface area (Å²) in [6.45, 7) is 1.89. The number of para-hydroxylation sites is 4. The molecule has 152 valence electrons. The third-order valence-electron chi connectivity index (χ3n) is 3.17. The molecule has 0 bridgehead atoms. The first-order valence-corrected chi connectivity index (χ1v) is 8.63. The molecule has 0 aliphatic carbocycles. The van der Waals surface area contributed by atoms with Crippen molar-refractivity contribution in [3.05, 3.63) is 48.5 Å². The molecule has 28 heavy (non-hydrogen) atoms. The molecule has 2 aromatic carbocycles. The quantitative estimate of drug-likeness (QED) is 0.527. The molecule has 3 N–H and O–H groups in total. The second-order valence-electron chi connectivity index (χ2n) is 5.48. The smallest absolute Gasteiger partial charge is 0.341 e. The average Bonchev–Trinajstić information content (AvgIpc) is 2.67. The normalized spacial score (nSPS) is 9.61. The standard InChI is InChI=1S/C12H16O4.C8H8O4/c1-2-3-8-15-10-6-4-5-7-11(10)16-9-12(13)14;9-6-3-1-2-4-7(6)12-5-8(10)11/h4-7H,2-3,8-9H2,1H3,(H,13,14);1-4,9H,5H2,(H,10,11). The number of hydrogen-bond donors (Lipinski definition) is 3. The number of carboxylic acid groups (broad SMARTS) is 2. The molecular weight excluding hydrogens is 368 g/mol. The third kappa shape index (κ3) is 9.33. The summed E-state index contributed by atoms with van der Waals surface area (Å²) in [6.07, 6.45) is 2.02. The average molecular weight is 392 g/mol. The molecule has 0 atom stereocenters. The van der Waals surface area contributed by atoms with Crippen molar-refractivity contribution < 1.29 is 39.1 Å². The fourth-order valence-corrected chi connectivity index (χ4v) is 1.87. The van der Waals surface area contributed by atoms with Gasteiger partial charge in [0.05, 0.1) is 6.61 Å². The summed E-state index contributed by atoms with van der Waals surface area (Å²) < 4.78 is 15.3. The molecule has 0 amide bonds. The van der Waals surface area contributed by atoms with Crippen LogP contribution < -0.4 is 14.2 Å². The van der Waals surface area contributed by atoms with Crippen LogP contribution in [-0.2, 0) is 9.59 Å². The van der Waals surface area contributed by atoms with Crippen LogP contribution in [0.3, 0.4) is 0 Å². The minimum Gasteiger partial charge on any atom is -0.504 e. The van der Waals surface area contributed by atoms with Gasteiger partial charge in [-0.05, 0) is 30.7 Å². The highest BCUT2D eigenvalue weighted by molar-refractivity contribution is 5.69. The Morgan fingerprint density at radius 1 is 0.786 bits per heavy atom. The molecule has 8 heteroatoms. The second-order valence-corrected chi connectivity index (χ2v) is 5.48. The van der Waals surface area contributed by atoms with Crippen LogP contribution in [-0.4, -0.2) is 47.1 Å². The van der Waals surface area contributed by atoms with Gasteiger partial charge < -0.3 is 29.5 Å². The van der Waals surface area contributed by atoms with E-state index in [1.54, 1.807) is 30.3 Å². The first kappa shape index (κ1) is 22.6. The Kier molecular flexibility index (Phi) is 10.4. The van der Waals surface area contributed by atoms with Crippen molar-refractivity contribution in [1.82, 2.24) is 0 Å². The highest BCUT2D eigenvalue weighted by Gasteiger charge is 2.06. The fourth-order valence-electron chi connectivity index (χ4n) is 1.87. The number of aliphatic carboxylic acids is 2. The minimum atomic E-state index is -1.07. The lowest BCUT2D eigenvalue weighted by Crippen LogP contribution is -2.10. The van der Waals surface area contributed by atoms with Crippen LogP contribution in [0.25, 0.3) is 0 Å². The van der Waals surface area contributed by atoms with Crippen LogP contribution in [0.2, 0.25) is 0 Å². The Labute approximate surface area is 162 Å². The topological polar surface area (TPSA) is 123 Å². The Morgan fingerprint density at radius 3 is 1.75 bits per heavy atom. The van der Waals surface area contributed by atoms with Crippen molar-refractivity contribution in [3.63, 3.8) is 0 Å². The van der Waals surface area contributed by atoms with Gasteiger partial charge in [0, 0.05) is 0 Å². The van der Waals surface area contributed by atoms with Crippen molar-refractivity contribution in [3.8, 4) is 23.0 Å². The van der Waals surface area contributed by atoms with Gasteiger partial charge in [-0.25, -0.2) is 9.59 Å². The van der Waals surface area contributed by atoms with Crippen LogP contribution in [0, 0.1) is 0 Å². The maximum Gasteiger partial charge on any atom is 0.341 e. The first-order valence-electron chi connectivity index (χ1n) is 8.63. The second kappa shape index (κ2) is 12.9. The van der Waals surface area contributed by atoms with Gasteiger partial charge in [-0.2, -0.15) is 0 Å². The van der Waals surface area contributed by atoms with Crippen molar-refractivity contribution in [1.29, 1.82) is 0 Å². The molecule has 2 rings (SSSR count). The Hall–Kier alpha value is -3.42. The number of phenolic OH excluding ortho intramolecular Hbond substituents is 1. The summed E-state index contributed by atoms with van der Waals surface area (Å²) in [5.41, 5.74) is 0. The van der Waals surface area contributed by atoms with E-state index in [9.17, 15) is 9.59 Å². The number of aromatic hydroxyl groups is 1. The van der Waals surface area contributed by atoms with Gasteiger partial charge in [0.1, 0.15) is 0 Å². The molecule has 0 radical (unpaired) electrons. The van der Waals surface area contributed by atoms with E-state index >= 15 is 0 Å². The maximum atomic E-state index is 10.4. The lowest BCUT2D eigenvalue weighted by Gasteiger charge is -2.10. The molecule has 0 saturated heterocycles. The zero-order valence-corrected chi connectivity index (χ0v) is 15.5. The van der Waals surface area contributed by atoms with E-state index in [1.807, 2.05) is 6.07 Å². The van der Waals surface area contributed by atoms with Gasteiger partial charge in [-0.15, -0.1) is 0 Å².